The smallest absolute Gasteiger partial charge is 0.109 e. The molecule has 82 valence electrons. The Morgan fingerprint density at radius 1 is 1.38 bits per heavy atom. The molecule has 1 saturated heterocycles. The molecule has 2 bridgehead atoms. The van der Waals surface area contributed by atoms with E-state index in [0.29, 0.717) is 0 Å². The summed E-state index contributed by atoms with van der Waals surface area (Å²) >= 11 is 0. The van der Waals surface area contributed by atoms with Crippen LogP contribution in [0.4, 0.5) is 0 Å². The van der Waals surface area contributed by atoms with Crippen molar-refractivity contribution in [1.29, 1.82) is 5.26 Å². The van der Waals surface area contributed by atoms with Crippen molar-refractivity contribution >= 4 is 0 Å². The SMILES string of the molecule is N#C[C@]12CC[C@@H](CN1Cc1ccccc1)C2. The molecule has 2 heteroatoms. The van der Waals surface area contributed by atoms with E-state index in [1.807, 2.05) is 6.07 Å². The van der Waals surface area contributed by atoms with E-state index in [-0.39, 0.29) is 5.54 Å². The lowest BCUT2D eigenvalue weighted by molar-refractivity contribution is 0.154. The lowest BCUT2D eigenvalue weighted by Gasteiger charge is -2.33. The molecule has 1 aromatic carbocycles. The van der Waals surface area contributed by atoms with Gasteiger partial charge in [0.15, 0.2) is 0 Å². The largest absolute Gasteiger partial charge is 0.281 e. The minimum atomic E-state index is -0.138. The van der Waals surface area contributed by atoms with E-state index in [0.717, 1.165) is 31.8 Å². The van der Waals surface area contributed by atoms with Gasteiger partial charge in [-0.05, 0) is 30.7 Å². The third kappa shape index (κ3) is 1.44. The van der Waals surface area contributed by atoms with Crippen LogP contribution < -0.4 is 0 Å². The molecule has 2 aliphatic rings. The lowest BCUT2D eigenvalue weighted by Crippen LogP contribution is -2.42. The van der Waals surface area contributed by atoms with Gasteiger partial charge >= 0.3 is 0 Å². The monoisotopic (exact) mass is 212 g/mol. The minimum absolute atomic E-state index is 0.138. The normalized spacial score (nSPS) is 32.8. The highest BCUT2D eigenvalue weighted by Crippen LogP contribution is 2.46. The van der Waals surface area contributed by atoms with Gasteiger partial charge in [0, 0.05) is 13.1 Å². The first kappa shape index (κ1) is 9.86. The summed E-state index contributed by atoms with van der Waals surface area (Å²) in [5, 5.41) is 9.40. The summed E-state index contributed by atoms with van der Waals surface area (Å²) in [5.41, 5.74) is 1.19. The number of hydrogen-bond donors (Lipinski definition) is 0. The van der Waals surface area contributed by atoms with E-state index < -0.39 is 0 Å². The molecular weight excluding hydrogens is 196 g/mol. The number of fused-ring (bicyclic) bond motifs is 2. The van der Waals surface area contributed by atoms with Crippen molar-refractivity contribution in [1.82, 2.24) is 4.90 Å². The van der Waals surface area contributed by atoms with Crippen LogP contribution in [0, 0.1) is 17.2 Å². The minimum Gasteiger partial charge on any atom is -0.281 e. The first-order chi connectivity index (χ1) is 7.82. The van der Waals surface area contributed by atoms with Gasteiger partial charge in [0.05, 0.1) is 6.07 Å². The summed E-state index contributed by atoms with van der Waals surface area (Å²) in [7, 11) is 0. The fourth-order valence-electron chi connectivity index (χ4n) is 3.25. The van der Waals surface area contributed by atoms with Crippen LogP contribution in [0.2, 0.25) is 0 Å². The Balaban J connectivity index is 1.80. The third-order valence-electron chi connectivity index (χ3n) is 4.10. The van der Waals surface area contributed by atoms with Crippen LogP contribution in [0.25, 0.3) is 0 Å². The predicted molar refractivity (Wildman–Crippen MR) is 62.5 cm³/mol. The standard InChI is InChI=1S/C14H16N2/c15-11-14-7-6-13(8-14)10-16(14)9-12-4-2-1-3-5-12/h1-5,13H,6-10H2/t13-,14-/m1/s1. The molecule has 1 aliphatic heterocycles. The Morgan fingerprint density at radius 3 is 2.88 bits per heavy atom. The molecule has 1 heterocycles. The number of nitriles is 1. The molecule has 0 unspecified atom stereocenters. The van der Waals surface area contributed by atoms with Gasteiger partial charge < -0.3 is 0 Å². The van der Waals surface area contributed by atoms with E-state index in [4.69, 9.17) is 0 Å². The molecule has 2 fully saturated rings. The molecule has 0 radical (unpaired) electrons. The van der Waals surface area contributed by atoms with Gasteiger partial charge in [-0.15, -0.1) is 0 Å². The molecule has 1 aromatic rings. The van der Waals surface area contributed by atoms with Gasteiger partial charge in [-0.2, -0.15) is 5.26 Å². The summed E-state index contributed by atoms with van der Waals surface area (Å²) in [6.07, 6.45) is 3.41. The molecule has 0 aromatic heterocycles. The second-order valence-corrected chi connectivity index (χ2v) is 5.12. The van der Waals surface area contributed by atoms with Crippen LogP contribution in [-0.2, 0) is 6.54 Å². The van der Waals surface area contributed by atoms with Gasteiger partial charge in [-0.25, -0.2) is 0 Å². The van der Waals surface area contributed by atoms with Crippen LogP contribution in [0.15, 0.2) is 30.3 Å². The van der Waals surface area contributed by atoms with Gasteiger partial charge in [-0.3, -0.25) is 4.90 Å². The van der Waals surface area contributed by atoms with E-state index >= 15 is 0 Å². The second-order valence-electron chi connectivity index (χ2n) is 5.12. The summed E-state index contributed by atoms with van der Waals surface area (Å²) in [5.74, 6) is 0.767. The zero-order valence-electron chi connectivity index (χ0n) is 9.39. The lowest BCUT2D eigenvalue weighted by atomic mass is 9.98. The second kappa shape index (κ2) is 3.61. The third-order valence-corrected chi connectivity index (χ3v) is 4.10. The van der Waals surface area contributed by atoms with Gasteiger partial charge in [0.2, 0.25) is 0 Å². The Morgan fingerprint density at radius 2 is 2.19 bits per heavy atom. The van der Waals surface area contributed by atoms with Crippen LogP contribution in [0.5, 0.6) is 0 Å². The van der Waals surface area contributed by atoms with E-state index in [2.05, 4.69) is 35.2 Å². The average molecular weight is 212 g/mol. The first-order valence-electron chi connectivity index (χ1n) is 6.03. The van der Waals surface area contributed by atoms with Crippen LogP contribution in [0.1, 0.15) is 24.8 Å². The fraction of sp³-hybridized carbons (Fsp3) is 0.500. The highest BCUT2D eigenvalue weighted by Gasteiger charge is 2.50. The van der Waals surface area contributed by atoms with Crippen molar-refractivity contribution in [3.05, 3.63) is 35.9 Å². The number of hydrogen-bond acceptors (Lipinski definition) is 2. The van der Waals surface area contributed by atoms with E-state index in [1.165, 1.54) is 12.0 Å². The zero-order chi connectivity index (χ0) is 11.0. The zero-order valence-corrected chi connectivity index (χ0v) is 9.39. The maximum Gasteiger partial charge on any atom is 0.109 e. The van der Waals surface area contributed by atoms with Crippen LogP contribution in [-0.4, -0.2) is 17.0 Å². The number of rotatable bonds is 2. The quantitative estimate of drug-likeness (QED) is 0.753. The number of nitrogens with zero attached hydrogens (tertiary/aromatic N) is 2. The number of benzene rings is 1. The first-order valence-corrected chi connectivity index (χ1v) is 6.03. The molecule has 1 aliphatic carbocycles. The Hall–Kier alpha value is -1.33. The van der Waals surface area contributed by atoms with Crippen molar-refractivity contribution in [3.63, 3.8) is 0 Å². The summed E-state index contributed by atoms with van der Waals surface area (Å²) < 4.78 is 0. The van der Waals surface area contributed by atoms with Gasteiger partial charge in [-0.1, -0.05) is 30.3 Å². The van der Waals surface area contributed by atoms with Crippen molar-refractivity contribution in [2.45, 2.75) is 31.3 Å². The molecule has 0 N–H and O–H groups in total. The predicted octanol–water partition coefficient (Wildman–Crippen LogP) is 2.56. The molecule has 3 rings (SSSR count). The van der Waals surface area contributed by atoms with Crippen molar-refractivity contribution in [2.24, 2.45) is 5.92 Å². The van der Waals surface area contributed by atoms with Crippen molar-refractivity contribution in [3.8, 4) is 6.07 Å². The topological polar surface area (TPSA) is 27.0 Å². The molecule has 0 amide bonds. The van der Waals surface area contributed by atoms with E-state index in [1.54, 1.807) is 0 Å². The van der Waals surface area contributed by atoms with Gasteiger partial charge in [0.1, 0.15) is 5.54 Å². The molecule has 16 heavy (non-hydrogen) atoms. The highest BCUT2D eigenvalue weighted by molar-refractivity contribution is 5.21. The van der Waals surface area contributed by atoms with Crippen LogP contribution >= 0.6 is 0 Å². The number of likely N-dealkylation sites (tertiary alicyclic amines) is 1. The van der Waals surface area contributed by atoms with Crippen molar-refractivity contribution in [2.75, 3.05) is 6.54 Å². The molecular formula is C14H16N2. The Labute approximate surface area is 96.5 Å². The molecule has 2 nitrogen and oxygen atoms in total. The Kier molecular flexibility index (Phi) is 2.22. The summed E-state index contributed by atoms with van der Waals surface area (Å²) in [4.78, 5) is 2.39. The maximum atomic E-state index is 9.40. The summed E-state index contributed by atoms with van der Waals surface area (Å²) in [6.45, 7) is 2.05. The number of piperidine rings is 1. The average Bonchev–Trinajstić information content (AvgIpc) is 2.88. The molecule has 1 saturated carbocycles. The summed E-state index contributed by atoms with van der Waals surface area (Å²) in [6, 6.07) is 13.1. The molecule has 2 atom stereocenters. The van der Waals surface area contributed by atoms with Gasteiger partial charge in [0.25, 0.3) is 0 Å². The fourth-order valence-corrected chi connectivity index (χ4v) is 3.25. The van der Waals surface area contributed by atoms with Crippen molar-refractivity contribution < 1.29 is 0 Å². The highest BCUT2D eigenvalue weighted by atomic mass is 15.2. The van der Waals surface area contributed by atoms with Crippen LogP contribution in [0.3, 0.4) is 0 Å². The maximum absolute atomic E-state index is 9.40. The molecule has 0 spiro atoms. The van der Waals surface area contributed by atoms with E-state index in [9.17, 15) is 5.26 Å². The Bertz CT molecular complexity index is 420.